The smallest absolute Gasteiger partial charge is 0.298 e. The Morgan fingerprint density at radius 2 is 1.62 bits per heavy atom. The van der Waals surface area contributed by atoms with E-state index in [-0.39, 0.29) is 11.5 Å². The fourth-order valence-electron chi connectivity index (χ4n) is 3.37. The number of benzene rings is 3. The summed E-state index contributed by atoms with van der Waals surface area (Å²) in [7, 11) is 2.98. The van der Waals surface area contributed by atoms with Crippen molar-refractivity contribution in [3.63, 3.8) is 0 Å². The van der Waals surface area contributed by atoms with Crippen molar-refractivity contribution < 1.29 is 23.8 Å². The third-order valence-electron chi connectivity index (χ3n) is 5.00. The van der Waals surface area contributed by atoms with Crippen molar-refractivity contribution in [3.05, 3.63) is 86.7 Å². The molecule has 0 radical (unpaired) electrons. The quantitative estimate of drug-likeness (QED) is 0.321. The van der Waals surface area contributed by atoms with E-state index in [2.05, 4.69) is 0 Å². The summed E-state index contributed by atoms with van der Waals surface area (Å²) in [6.07, 6.45) is 1.59. The number of amides is 2. The van der Waals surface area contributed by atoms with Crippen LogP contribution in [0.15, 0.2) is 65.6 Å². The number of anilines is 1. The lowest BCUT2D eigenvalue weighted by molar-refractivity contribution is -0.113. The molecule has 0 spiro atoms. The molecule has 1 saturated heterocycles. The van der Waals surface area contributed by atoms with Gasteiger partial charge in [0.1, 0.15) is 12.4 Å². The minimum atomic E-state index is -0.450. The summed E-state index contributed by atoms with van der Waals surface area (Å²) in [6, 6.07) is 17.5. The number of halogens is 2. The van der Waals surface area contributed by atoms with Crippen LogP contribution in [0.4, 0.5) is 10.5 Å². The second-order valence-electron chi connectivity index (χ2n) is 7.10. The van der Waals surface area contributed by atoms with Crippen LogP contribution in [0.3, 0.4) is 0 Å². The normalized spacial score (nSPS) is 14.6. The fraction of sp³-hybridized carbons (Fsp3) is 0.120. The van der Waals surface area contributed by atoms with Gasteiger partial charge in [-0.15, -0.1) is 0 Å². The van der Waals surface area contributed by atoms with Gasteiger partial charge in [0.2, 0.25) is 0 Å². The number of para-hydroxylation sites is 2. The van der Waals surface area contributed by atoms with Crippen molar-refractivity contribution in [1.82, 2.24) is 0 Å². The van der Waals surface area contributed by atoms with E-state index in [4.69, 9.17) is 37.4 Å². The van der Waals surface area contributed by atoms with Gasteiger partial charge in [-0.3, -0.25) is 9.59 Å². The lowest BCUT2D eigenvalue weighted by atomic mass is 10.1. The molecule has 34 heavy (non-hydrogen) atoms. The summed E-state index contributed by atoms with van der Waals surface area (Å²) < 4.78 is 16.6. The number of hydrogen-bond donors (Lipinski definition) is 0. The summed E-state index contributed by atoms with van der Waals surface area (Å²) in [5.74, 6) is 0.711. The molecule has 3 aromatic rings. The number of thioether (sulfide) groups is 1. The number of carbonyl (C=O) groups is 2. The largest absolute Gasteiger partial charge is 0.495 e. The Labute approximate surface area is 211 Å². The van der Waals surface area contributed by atoms with Crippen LogP contribution in [0.5, 0.6) is 17.2 Å². The molecule has 174 valence electrons. The Kier molecular flexibility index (Phi) is 7.36. The maximum absolute atomic E-state index is 13.0. The Hall–Kier alpha value is -3.13. The summed E-state index contributed by atoms with van der Waals surface area (Å²) in [4.78, 5) is 27.0. The van der Waals surface area contributed by atoms with Gasteiger partial charge in [-0.05, 0) is 53.7 Å². The van der Waals surface area contributed by atoms with Gasteiger partial charge in [-0.25, -0.2) is 4.90 Å². The molecule has 1 aliphatic heterocycles. The Bertz CT molecular complexity index is 1290. The van der Waals surface area contributed by atoms with Crippen molar-refractivity contribution in [2.75, 3.05) is 19.1 Å². The molecular formula is C25H19Cl2NO5S. The predicted octanol–water partition coefficient (Wildman–Crippen LogP) is 6.83. The van der Waals surface area contributed by atoms with E-state index < -0.39 is 11.1 Å². The molecule has 2 amide bonds. The fourth-order valence-corrected chi connectivity index (χ4v) is 4.67. The third kappa shape index (κ3) is 4.87. The molecule has 0 aromatic heterocycles. The minimum absolute atomic E-state index is 0.201. The zero-order valence-electron chi connectivity index (χ0n) is 18.2. The van der Waals surface area contributed by atoms with Gasteiger partial charge in [0.15, 0.2) is 11.5 Å². The van der Waals surface area contributed by atoms with E-state index >= 15 is 0 Å². The topological polar surface area (TPSA) is 65.1 Å². The van der Waals surface area contributed by atoms with Crippen LogP contribution >= 0.6 is 35.0 Å². The van der Waals surface area contributed by atoms with Crippen LogP contribution in [-0.2, 0) is 11.4 Å². The van der Waals surface area contributed by atoms with Gasteiger partial charge in [-0.2, -0.15) is 0 Å². The molecule has 0 bridgehead atoms. The Morgan fingerprint density at radius 1 is 0.912 bits per heavy atom. The standard InChI is InChI=1S/C25H19Cl2NO5S/c1-31-20-10-6-5-9-19(20)28-24(29)22(34-25(28)30)13-15-11-18(27)23(21(12-15)32-2)33-14-16-7-3-4-8-17(16)26/h3-13H,14H2,1-2H3/b22-13-. The van der Waals surface area contributed by atoms with Gasteiger partial charge in [0.25, 0.3) is 11.1 Å². The Balaban J connectivity index is 1.60. The lowest BCUT2D eigenvalue weighted by Gasteiger charge is -2.16. The number of methoxy groups -OCH3 is 2. The lowest BCUT2D eigenvalue weighted by Crippen LogP contribution is -2.28. The van der Waals surface area contributed by atoms with E-state index in [1.165, 1.54) is 14.2 Å². The first-order valence-electron chi connectivity index (χ1n) is 10.1. The van der Waals surface area contributed by atoms with Crippen molar-refractivity contribution in [2.24, 2.45) is 0 Å². The van der Waals surface area contributed by atoms with Gasteiger partial charge >= 0.3 is 0 Å². The van der Waals surface area contributed by atoms with E-state index in [9.17, 15) is 9.59 Å². The number of nitrogens with zero attached hydrogens (tertiary/aromatic N) is 1. The minimum Gasteiger partial charge on any atom is -0.495 e. The predicted molar refractivity (Wildman–Crippen MR) is 135 cm³/mol. The molecule has 1 heterocycles. The molecule has 0 saturated carbocycles. The highest BCUT2D eigenvalue weighted by molar-refractivity contribution is 8.19. The summed E-state index contributed by atoms with van der Waals surface area (Å²) >= 11 is 13.5. The molecule has 1 fully saturated rings. The highest BCUT2D eigenvalue weighted by atomic mass is 35.5. The van der Waals surface area contributed by atoms with Crippen LogP contribution in [0.1, 0.15) is 11.1 Å². The molecular weight excluding hydrogens is 497 g/mol. The summed E-state index contributed by atoms with van der Waals surface area (Å²) in [5, 5.41) is 0.458. The molecule has 0 atom stereocenters. The second kappa shape index (κ2) is 10.4. The summed E-state index contributed by atoms with van der Waals surface area (Å²) in [5.41, 5.74) is 1.77. The van der Waals surface area contributed by atoms with Gasteiger partial charge in [0.05, 0.1) is 29.8 Å². The van der Waals surface area contributed by atoms with Crippen molar-refractivity contribution in [3.8, 4) is 17.2 Å². The molecule has 0 unspecified atom stereocenters. The zero-order chi connectivity index (χ0) is 24.2. The number of carbonyl (C=O) groups excluding carboxylic acids is 2. The van der Waals surface area contributed by atoms with Crippen LogP contribution in [-0.4, -0.2) is 25.4 Å². The van der Waals surface area contributed by atoms with Gasteiger partial charge < -0.3 is 14.2 Å². The van der Waals surface area contributed by atoms with Crippen LogP contribution < -0.4 is 19.1 Å². The first-order valence-corrected chi connectivity index (χ1v) is 11.6. The second-order valence-corrected chi connectivity index (χ2v) is 8.91. The molecule has 0 aliphatic carbocycles. The van der Waals surface area contributed by atoms with Gasteiger partial charge in [-0.1, -0.05) is 53.5 Å². The molecule has 9 heteroatoms. The highest BCUT2D eigenvalue weighted by Gasteiger charge is 2.37. The monoisotopic (exact) mass is 515 g/mol. The maximum Gasteiger partial charge on any atom is 0.298 e. The SMILES string of the molecule is COc1ccccc1N1C(=O)S/C(=C\c2cc(Cl)c(OCc3ccccc3Cl)c(OC)c2)C1=O. The Morgan fingerprint density at radius 3 is 2.35 bits per heavy atom. The van der Waals surface area contributed by atoms with E-state index in [0.717, 1.165) is 22.2 Å². The van der Waals surface area contributed by atoms with Gasteiger partial charge in [0, 0.05) is 10.6 Å². The number of rotatable bonds is 7. The first-order chi connectivity index (χ1) is 16.4. The average Bonchev–Trinajstić information content (AvgIpc) is 3.11. The number of imide groups is 1. The first kappa shape index (κ1) is 24.0. The number of hydrogen-bond acceptors (Lipinski definition) is 6. The highest BCUT2D eigenvalue weighted by Crippen LogP contribution is 2.42. The third-order valence-corrected chi connectivity index (χ3v) is 6.52. The molecule has 3 aromatic carbocycles. The molecule has 0 N–H and O–H groups in total. The molecule has 6 nitrogen and oxygen atoms in total. The summed E-state index contributed by atoms with van der Waals surface area (Å²) in [6.45, 7) is 0.201. The molecule has 4 rings (SSSR count). The van der Waals surface area contributed by atoms with E-state index in [0.29, 0.717) is 38.5 Å². The van der Waals surface area contributed by atoms with Crippen molar-refractivity contribution in [2.45, 2.75) is 6.61 Å². The number of ether oxygens (including phenoxy) is 3. The van der Waals surface area contributed by atoms with Crippen LogP contribution in [0, 0.1) is 0 Å². The molecule has 1 aliphatic rings. The maximum atomic E-state index is 13.0. The average molecular weight is 516 g/mol. The zero-order valence-corrected chi connectivity index (χ0v) is 20.5. The van der Waals surface area contributed by atoms with E-state index in [1.807, 2.05) is 18.2 Å². The van der Waals surface area contributed by atoms with E-state index in [1.54, 1.807) is 48.5 Å². The van der Waals surface area contributed by atoms with Crippen LogP contribution in [0.2, 0.25) is 10.0 Å². The van der Waals surface area contributed by atoms with Crippen molar-refractivity contribution >= 4 is 57.9 Å². The van der Waals surface area contributed by atoms with Crippen LogP contribution in [0.25, 0.3) is 6.08 Å². The van der Waals surface area contributed by atoms with Crippen molar-refractivity contribution in [1.29, 1.82) is 0 Å².